The van der Waals surface area contributed by atoms with Gasteiger partial charge in [0.1, 0.15) is 5.75 Å². The highest BCUT2D eigenvalue weighted by Gasteiger charge is 2.37. The third-order valence-corrected chi connectivity index (χ3v) is 4.37. The second kappa shape index (κ2) is 7.49. The second-order valence-electron chi connectivity index (χ2n) is 6.47. The summed E-state index contributed by atoms with van der Waals surface area (Å²) in [6, 6.07) is 5.92. The minimum Gasteiger partial charge on any atom is -0.493 e. The molecule has 1 aromatic rings. The molecule has 23 heavy (non-hydrogen) atoms. The largest absolute Gasteiger partial charge is 0.493 e. The molecule has 1 aromatic carbocycles. The SMILES string of the molecule is Cc1ccc(OCCC(=O)NC2(CC(=O)O)CCCC2)c(C)c1. The molecular weight excluding hydrogens is 294 g/mol. The van der Waals surface area contributed by atoms with Gasteiger partial charge < -0.3 is 15.2 Å². The van der Waals surface area contributed by atoms with Crippen molar-refractivity contribution in [2.24, 2.45) is 0 Å². The van der Waals surface area contributed by atoms with Gasteiger partial charge in [-0.05, 0) is 38.3 Å². The molecule has 0 saturated heterocycles. The number of carboxylic acid groups (broad SMARTS) is 1. The van der Waals surface area contributed by atoms with Gasteiger partial charge in [-0.15, -0.1) is 0 Å². The first kappa shape index (κ1) is 17.3. The highest BCUT2D eigenvalue weighted by molar-refractivity contribution is 5.78. The van der Waals surface area contributed by atoms with Crippen molar-refractivity contribution in [2.75, 3.05) is 6.61 Å². The summed E-state index contributed by atoms with van der Waals surface area (Å²) in [7, 11) is 0. The molecule has 1 saturated carbocycles. The monoisotopic (exact) mass is 319 g/mol. The molecule has 0 aliphatic heterocycles. The molecule has 0 unspecified atom stereocenters. The van der Waals surface area contributed by atoms with Gasteiger partial charge >= 0.3 is 5.97 Å². The van der Waals surface area contributed by atoms with Gasteiger partial charge in [-0.2, -0.15) is 0 Å². The van der Waals surface area contributed by atoms with Crippen LogP contribution in [0.5, 0.6) is 5.75 Å². The van der Waals surface area contributed by atoms with Gasteiger partial charge in [0.25, 0.3) is 0 Å². The third kappa shape index (κ3) is 4.98. The number of rotatable bonds is 7. The van der Waals surface area contributed by atoms with Crippen LogP contribution in [-0.4, -0.2) is 29.1 Å². The number of aryl methyl sites for hydroxylation is 2. The molecule has 126 valence electrons. The molecule has 2 rings (SSSR count). The van der Waals surface area contributed by atoms with Gasteiger partial charge in [-0.3, -0.25) is 9.59 Å². The predicted octanol–water partition coefficient (Wildman–Crippen LogP) is 2.98. The van der Waals surface area contributed by atoms with E-state index in [1.807, 2.05) is 32.0 Å². The number of carboxylic acids is 1. The van der Waals surface area contributed by atoms with Gasteiger partial charge in [0.2, 0.25) is 5.91 Å². The van der Waals surface area contributed by atoms with Crippen molar-refractivity contribution in [3.05, 3.63) is 29.3 Å². The molecule has 2 N–H and O–H groups in total. The Morgan fingerprint density at radius 2 is 1.96 bits per heavy atom. The lowest BCUT2D eigenvalue weighted by atomic mass is 9.93. The maximum absolute atomic E-state index is 12.1. The van der Waals surface area contributed by atoms with Crippen molar-refractivity contribution in [3.63, 3.8) is 0 Å². The van der Waals surface area contributed by atoms with Crippen LogP contribution in [-0.2, 0) is 9.59 Å². The van der Waals surface area contributed by atoms with E-state index >= 15 is 0 Å². The zero-order chi connectivity index (χ0) is 16.9. The summed E-state index contributed by atoms with van der Waals surface area (Å²) in [5.74, 6) is -0.221. The molecule has 1 amide bonds. The standard InChI is InChI=1S/C18H25NO4/c1-13-5-6-15(14(2)11-13)23-10-7-16(20)19-18(12-17(21)22)8-3-4-9-18/h5-6,11H,3-4,7-10,12H2,1-2H3,(H,19,20)(H,21,22). The fraction of sp³-hybridized carbons (Fsp3) is 0.556. The lowest BCUT2D eigenvalue weighted by molar-refractivity contribution is -0.139. The van der Waals surface area contributed by atoms with Gasteiger partial charge in [0, 0.05) is 0 Å². The highest BCUT2D eigenvalue weighted by Crippen LogP contribution is 2.32. The Bertz CT molecular complexity index is 576. The van der Waals surface area contributed by atoms with Crippen molar-refractivity contribution in [3.8, 4) is 5.75 Å². The van der Waals surface area contributed by atoms with Crippen LogP contribution < -0.4 is 10.1 Å². The van der Waals surface area contributed by atoms with Crippen molar-refractivity contribution >= 4 is 11.9 Å². The van der Waals surface area contributed by atoms with E-state index in [-0.39, 0.29) is 18.7 Å². The number of hydrogen-bond donors (Lipinski definition) is 2. The molecule has 0 radical (unpaired) electrons. The number of ether oxygens (including phenoxy) is 1. The number of aliphatic carboxylic acids is 1. The van der Waals surface area contributed by atoms with E-state index in [0.717, 1.165) is 37.0 Å². The van der Waals surface area contributed by atoms with E-state index < -0.39 is 11.5 Å². The lowest BCUT2D eigenvalue weighted by Crippen LogP contribution is -2.48. The maximum atomic E-state index is 12.1. The van der Waals surface area contributed by atoms with Crippen LogP contribution in [0.3, 0.4) is 0 Å². The van der Waals surface area contributed by atoms with Crippen molar-refractivity contribution < 1.29 is 19.4 Å². The van der Waals surface area contributed by atoms with E-state index in [0.29, 0.717) is 6.61 Å². The van der Waals surface area contributed by atoms with E-state index in [9.17, 15) is 9.59 Å². The fourth-order valence-corrected chi connectivity index (χ4v) is 3.26. The Kier molecular flexibility index (Phi) is 5.64. The molecule has 1 fully saturated rings. The minimum atomic E-state index is -0.862. The van der Waals surface area contributed by atoms with Crippen LogP contribution in [0.15, 0.2) is 18.2 Å². The molecule has 0 atom stereocenters. The number of nitrogens with one attached hydrogen (secondary N) is 1. The molecule has 1 aliphatic carbocycles. The van der Waals surface area contributed by atoms with Crippen molar-refractivity contribution in [1.29, 1.82) is 0 Å². The Labute approximate surface area is 137 Å². The Hall–Kier alpha value is -2.04. The zero-order valence-electron chi connectivity index (χ0n) is 13.9. The molecule has 0 bridgehead atoms. The average molecular weight is 319 g/mol. The maximum Gasteiger partial charge on any atom is 0.305 e. The Morgan fingerprint density at radius 3 is 2.57 bits per heavy atom. The number of carbonyl (C=O) groups is 2. The molecule has 1 aliphatic rings. The van der Waals surface area contributed by atoms with E-state index in [1.54, 1.807) is 0 Å². The Morgan fingerprint density at radius 1 is 1.26 bits per heavy atom. The molecule has 0 spiro atoms. The summed E-state index contributed by atoms with van der Waals surface area (Å²) in [6.07, 6.45) is 3.64. The summed E-state index contributed by atoms with van der Waals surface area (Å²) in [5.41, 5.74) is 1.65. The number of amides is 1. The highest BCUT2D eigenvalue weighted by atomic mass is 16.5. The fourth-order valence-electron chi connectivity index (χ4n) is 3.26. The van der Waals surface area contributed by atoms with Crippen LogP contribution in [0.2, 0.25) is 0 Å². The zero-order valence-corrected chi connectivity index (χ0v) is 13.9. The van der Waals surface area contributed by atoms with Crippen LogP contribution in [0.1, 0.15) is 49.7 Å². The summed E-state index contributed by atoms with van der Waals surface area (Å²) in [5, 5.41) is 12.0. The summed E-state index contributed by atoms with van der Waals surface area (Å²) in [4.78, 5) is 23.2. The van der Waals surface area contributed by atoms with E-state index in [2.05, 4.69) is 5.32 Å². The Balaban J connectivity index is 1.83. The van der Waals surface area contributed by atoms with Crippen molar-refractivity contribution in [1.82, 2.24) is 5.32 Å². The summed E-state index contributed by atoms with van der Waals surface area (Å²) >= 11 is 0. The van der Waals surface area contributed by atoms with Crippen LogP contribution in [0, 0.1) is 13.8 Å². The van der Waals surface area contributed by atoms with E-state index in [1.165, 1.54) is 5.56 Å². The molecule has 5 nitrogen and oxygen atoms in total. The molecule has 0 aromatic heterocycles. The summed E-state index contributed by atoms with van der Waals surface area (Å²) in [6.45, 7) is 4.29. The number of benzene rings is 1. The predicted molar refractivity (Wildman–Crippen MR) is 87.6 cm³/mol. The molecule has 0 heterocycles. The van der Waals surface area contributed by atoms with E-state index in [4.69, 9.17) is 9.84 Å². The average Bonchev–Trinajstić information content (AvgIpc) is 2.88. The van der Waals surface area contributed by atoms with Gasteiger partial charge in [-0.1, -0.05) is 30.5 Å². The minimum absolute atomic E-state index is 0.00331. The van der Waals surface area contributed by atoms with Gasteiger partial charge in [0.15, 0.2) is 0 Å². The molecular formula is C18H25NO4. The summed E-state index contributed by atoms with van der Waals surface area (Å²) < 4.78 is 5.66. The lowest BCUT2D eigenvalue weighted by Gasteiger charge is -2.28. The first-order chi connectivity index (χ1) is 10.9. The normalized spacial score (nSPS) is 16.1. The van der Waals surface area contributed by atoms with Crippen LogP contribution in [0.25, 0.3) is 0 Å². The quantitative estimate of drug-likeness (QED) is 0.810. The first-order valence-electron chi connectivity index (χ1n) is 8.13. The third-order valence-electron chi connectivity index (χ3n) is 4.37. The topological polar surface area (TPSA) is 75.6 Å². The van der Waals surface area contributed by atoms with Gasteiger partial charge in [0.05, 0.1) is 25.0 Å². The van der Waals surface area contributed by atoms with Crippen LogP contribution in [0.4, 0.5) is 0 Å². The molecule has 5 heteroatoms. The smallest absolute Gasteiger partial charge is 0.305 e. The second-order valence-corrected chi connectivity index (χ2v) is 6.47. The van der Waals surface area contributed by atoms with Crippen LogP contribution >= 0.6 is 0 Å². The number of hydrogen-bond acceptors (Lipinski definition) is 3. The number of carbonyl (C=O) groups excluding carboxylic acids is 1. The van der Waals surface area contributed by atoms with Crippen molar-refractivity contribution in [2.45, 2.75) is 57.9 Å². The first-order valence-corrected chi connectivity index (χ1v) is 8.13. The van der Waals surface area contributed by atoms with Gasteiger partial charge in [-0.25, -0.2) is 0 Å².